The average molecular weight is 295 g/mol. The number of carbonyl (C=O) groups is 1. The minimum atomic E-state index is -0.0493. The van der Waals surface area contributed by atoms with E-state index in [1.54, 1.807) is 11.3 Å². The summed E-state index contributed by atoms with van der Waals surface area (Å²) >= 11 is 1.73. The molecule has 1 aromatic heterocycles. The van der Waals surface area contributed by atoms with E-state index in [2.05, 4.69) is 5.32 Å². The molecule has 2 N–H and O–H groups in total. The van der Waals surface area contributed by atoms with Gasteiger partial charge in [0.05, 0.1) is 5.56 Å². The van der Waals surface area contributed by atoms with E-state index in [1.165, 1.54) is 23.3 Å². The van der Waals surface area contributed by atoms with Crippen LogP contribution in [0.4, 0.5) is 0 Å². The van der Waals surface area contributed by atoms with E-state index in [0.717, 1.165) is 31.2 Å². The number of aliphatic hydroxyl groups excluding tert-OH is 1. The predicted molar refractivity (Wildman–Crippen MR) is 83.4 cm³/mol. The minimum Gasteiger partial charge on any atom is -0.396 e. The average Bonchev–Trinajstić information content (AvgIpc) is 2.87. The summed E-state index contributed by atoms with van der Waals surface area (Å²) in [6.45, 7) is 4.97. The van der Waals surface area contributed by atoms with Gasteiger partial charge in [-0.2, -0.15) is 0 Å². The number of nitrogens with one attached hydrogen (secondary N) is 1. The van der Waals surface area contributed by atoms with Crippen LogP contribution in [0.2, 0.25) is 0 Å². The smallest absolute Gasteiger partial charge is 0.252 e. The van der Waals surface area contributed by atoms with Gasteiger partial charge in [-0.25, -0.2) is 0 Å². The van der Waals surface area contributed by atoms with Crippen LogP contribution in [0, 0.1) is 5.41 Å². The zero-order valence-corrected chi connectivity index (χ0v) is 13.3. The number of fused-ring (bicyclic) bond motifs is 1. The molecule has 1 aliphatic rings. The predicted octanol–water partition coefficient (Wildman–Crippen LogP) is 3.16. The Bertz CT molecular complexity index is 465. The molecule has 0 aliphatic heterocycles. The van der Waals surface area contributed by atoms with Crippen molar-refractivity contribution in [1.29, 1.82) is 0 Å². The third-order valence-corrected chi connectivity index (χ3v) is 5.14. The Labute approximate surface area is 125 Å². The molecule has 0 radical (unpaired) electrons. The molecule has 0 fully saturated rings. The number of hydrogen-bond acceptors (Lipinski definition) is 3. The van der Waals surface area contributed by atoms with Crippen molar-refractivity contribution in [2.45, 2.75) is 52.4 Å². The summed E-state index contributed by atoms with van der Waals surface area (Å²) < 4.78 is 0. The molecule has 1 heterocycles. The third-order valence-electron chi connectivity index (χ3n) is 4.05. The Morgan fingerprint density at radius 2 is 2.15 bits per heavy atom. The van der Waals surface area contributed by atoms with Crippen molar-refractivity contribution < 1.29 is 9.90 Å². The summed E-state index contributed by atoms with van der Waals surface area (Å²) in [5, 5.41) is 14.2. The Hall–Kier alpha value is -0.870. The van der Waals surface area contributed by atoms with Crippen molar-refractivity contribution >= 4 is 17.2 Å². The SMILES string of the molecule is CC(C)(CO)CCCNC(=O)c1csc2c1CCCC2. The highest BCUT2D eigenvalue weighted by molar-refractivity contribution is 7.10. The van der Waals surface area contributed by atoms with E-state index in [9.17, 15) is 9.90 Å². The Balaban J connectivity index is 1.82. The fourth-order valence-corrected chi connectivity index (χ4v) is 3.75. The van der Waals surface area contributed by atoms with Crippen molar-refractivity contribution in [3.8, 4) is 0 Å². The van der Waals surface area contributed by atoms with Crippen molar-refractivity contribution in [2.24, 2.45) is 5.41 Å². The van der Waals surface area contributed by atoms with Crippen LogP contribution in [0.3, 0.4) is 0 Å². The fourth-order valence-electron chi connectivity index (χ4n) is 2.63. The zero-order valence-electron chi connectivity index (χ0n) is 12.5. The molecule has 0 saturated heterocycles. The summed E-state index contributed by atoms with van der Waals surface area (Å²) in [6, 6.07) is 0. The van der Waals surface area contributed by atoms with Crippen molar-refractivity contribution in [2.75, 3.05) is 13.2 Å². The van der Waals surface area contributed by atoms with Gasteiger partial charge in [-0.3, -0.25) is 4.79 Å². The summed E-state index contributed by atoms with van der Waals surface area (Å²) in [5.74, 6) is 0.0752. The van der Waals surface area contributed by atoms with Gasteiger partial charge in [0.15, 0.2) is 0 Å². The van der Waals surface area contributed by atoms with Gasteiger partial charge < -0.3 is 10.4 Å². The Morgan fingerprint density at radius 3 is 2.90 bits per heavy atom. The van der Waals surface area contributed by atoms with Crippen LogP contribution in [0.1, 0.15) is 60.3 Å². The lowest BCUT2D eigenvalue weighted by atomic mass is 9.89. The standard InChI is InChI=1S/C16H25NO2S/c1-16(2,11-18)8-5-9-17-15(19)13-10-20-14-7-4-3-6-12(13)14/h10,18H,3-9,11H2,1-2H3,(H,17,19). The van der Waals surface area contributed by atoms with E-state index >= 15 is 0 Å². The van der Waals surface area contributed by atoms with Crippen LogP contribution in [-0.4, -0.2) is 24.2 Å². The Kier molecular flexibility index (Phi) is 5.22. The highest BCUT2D eigenvalue weighted by Crippen LogP contribution is 2.30. The number of aliphatic hydroxyl groups is 1. The number of hydrogen-bond donors (Lipinski definition) is 2. The lowest BCUT2D eigenvalue weighted by Gasteiger charge is -2.21. The molecule has 20 heavy (non-hydrogen) atoms. The van der Waals surface area contributed by atoms with Crippen LogP contribution < -0.4 is 5.32 Å². The van der Waals surface area contributed by atoms with Crippen molar-refractivity contribution in [1.82, 2.24) is 5.32 Å². The molecule has 0 bridgehead atoms. The van der Waals surface area contributed by atoms with Crippen LogP contribution in [0.15, 0.2) is 5.38 Å². The first kappa shape index (κ1) is 15.5. The molecule has 1 aliphatic carbocycles. The number of aryl methyl sites for hydroxylation is 1. The van der Waals surface area contributed by atoms with Gasteiger partial charge in [0.2, 0.25) is 0 Å². The topological polar surface area (TPSA) is 49.3 Å². The minimum absolute atomic E-state index is 0.0493. The van der Waals surface area contributed by atoms with Crippen LogP contribution >= 0.6 is 11.3 Å². The molecule has 0 spiro atoms. The second-order valence-electron chi connectivity index (χ2n) is 6.44. The maximum Gasteiger partial charge on any atom is 0.252 e. The lowest BCUT2D eigenvalue weighted by Crippen LogP contribution is -2.27. The third kappa shape index (κ3) is 3.83. The number of thiophene rings is 1. The first-order chi connectivity index (χ1) is 9.53. The van der Waals surface area contributed by atoms with E-state index in [0.29, 0.717) is 6.54 Å². The summed E-state index contributed by atoms with van der Waals surface area (Å²) in [7, 11) is 0. The molecule has 4 heteroatoms. The summed E-state index contributed by atoms with van der Waals surface area (Å²) in [5.41, 5.74) is 2.13. The van der Waals surface area contributed by atoms with Gasteiger partial charge in [0.25, 0.3) is 5.91 Å². The van der Waals surface area contributed by atoms with Gasteiger partial charge in [-0.15, -0.1) is 11.3 Å². The van der Waals surface area contributed by atoms with Crippen LogP contribution in [0.25, 0.3) is 0 Å². The largest absolute Gasteiger partial charge is 0.396 e. The van der Waals surface area contributed by atoms with Gasteiger partial charge >= 0.3 is 0 Å². The molecule has 0 saturated carbocycles. The summed E-state index contributed by atoms with van der Waals surface area (Å²) in [4.78, 5) is 13.6. The van der Waals surface area contributed by atoms with E-state index in [4.69, 9.17) is 0 Å². The van der Waals surface area contributed by atoms with Gasteiger partial charge in [0, 0.05) is 23.4 Å². The maximum atomic E-state index is 12.2. The lowest BCUT2D eigenvalue weighted by molar-refractivity contribution is 0.0948. The summed E-state index contributed by atoms with van der Waals surface area (Å²) in [6.07, 6.45) is 6.48. The van der Waals surface area contributed by atoms with Crippen molar-refractivity contribution in [3.05, 3.63) is 21.4 Å². The molecule has 1 aromatic rings. The zero-order chi connectivity index (χ0) is 14.6. The Morgan fingerprint density at radius 1 is 1.40 bits per heavy atom. The van der Waals surface area contributed by atoms with Crippen LogP contribution in [0.5, 0.6) is 0 Å². The molecule has 0 unspecified atom stereocenters. The highest BCUT2D eigenvalue weighted by Gasteiger charge is 2.20. The quantitative estimate of drug-likeness (QED) is 0.792. The van der Waals surface area contributed by atoms with E-state index in [-0.39, 0.29) is 17.9 Å². The molecular weight excluding hydrogens is 270 g/mol. The van der Waals surface area contributed by atoms with Gasteiger partial charge in [-0.05, 0) is 49.5 Å². The number of carbonyl (C=O) groups excluding carboxylic acids is 1. The normalized spacial score (nSPS) is 14.9. The molecule has 0 atom stereocenters. The first-order valence-corrected chi connectivity index (χ1v) is 8.40. The molecule has 112 valence electrons. The molecule has 3 nitrogen and oxygen atoms in total. The monoisotopic (exact) mass is 295 g/mol. The van der Waals surface area contributed by atoms with E-state index in [1.807, 2.05) is 19.2 Å². The van der Waals surface area contributed by atoms with Gasteiger partial charge in [-0.1, -0.05) is 13.8 Å². The van der Waals surface area contributed by atoms with E-state index < -0.39 is 0 Å². The fraction of sp³-hybridized carbons (Fsp3) is 0.688. The maximum absolute atomic E-state index is 12.2. The molecule has 1 amide bonds. The molecule has 0 aromatic carbocycles. The molecule has 2 rings (SSSR count). The highest BCUT2D eigenvalue weighted by atomic mass is 32.1. The number of rotatable bonds is 6. The molecular formula is C16H25NO2S. The second-order valence-corrected chi connectivity index (χ2v) is 7.40. The van der Waals surface area contributed by atoms with Gasteiger partial charge in [0.1, 0.15) is 0 Å². The number of amides is 1. The second kappa shape index (κ2) is 6.72. The van der Waals surface area contributed by atoms with Crippen molar-refractivity contribution in [3.63, 3.8) is 0 Å². The van der Waals surface area contributed by atoms with Crippen LogP contribution in [-0.2, 0) is 12.8 Å². The first-order valence-electron chi connectivity index (χ1n) is 7.52.